The molecule has 0 aliphatic carbocycles. The summed E-state index contributed by atoms with van der Waals surface area (Å²) in [5, 5.41) is 0. The number of rotatable bonds is 2. The summed E-state index contributed by atoms with van der Waals surface area (Å²) >= 11 is 1.87. The van der Waals surface area contributed by atoms with Gasteiger partial charge in [0.15, 0.2) is 0 Å². The average Bonchev–Trinajstić information content (AvgIpc) is 2.34. The monoisotopic (exact) mass is 362 g/mol. The van der Waals surface area contributed by atoms with E-state index in [4.69, 9.17) is 0 Å². The number of aromatic nitrogens is 2. The maximum Gasteiger partial charge on any atom is 0.267 e. The Kier molecular flexibility index (Phi) is 3.74. The van der Waals surface area contributed by atoms with Crippen molar-refractivity contribution in [3.05, 3.63) is 61.3 Å². The molecule has 1 aromatic carbocycles. The number of aryl methyl sites for hydroxylation is 1. The van der Waals surface area contributed by atoms with Crippen LogP contribution in [0.1, 0.15) is 11.3 Å². The molecule has 2 aromatic rings. The Labute approximate surface area is 116 Å². The lowest BCUT2D eigenvalue weighted by Gasteiger charge is -2.08. The Bertz CT molecular complexity index is 635. The first-order chi connectivity index (χ1) is 8.50. The first kappa shape index (κ1) is 13.1. The van der Waals surface area contributed by atoms with Crippen molar-refractivity contribution in [2.75, 3.05) is 0 Å². The van der Waals surface area contributed by atoms with Gasteiger partial charge in [-0.1, -0.05) is 6.07 Å². The average molecular weight is 362 g/mol. The van der Waals surface area contributed by atoms with Crippen LogP contribution in [0.4, 0.5) is 8.78 Å². The van der Waals surface area contributed by atoms with Crippen LogP contribution in [0.2, 0.25) is 0 Å². The molecule has 2 rings (SSSR count). The predicted molar refractivity (Wildman–Crippen MR) is 71.4 cm³/mol. The van der Waals surface area contributed by atoms with Crippen molar-refractivity contribution in [2.45, 2.75) is 13.5 Å². The molecule has 0 aliphatic rings. The van der Waals surface area contributed by atoms with Gasteiger partial charge in [0.25, 0.3) is 5.56 Å². The van der Waals surface area contributed by atoms with Crippen LogP contribution in [0.25, 0.3) is 0 Å². The number of halogens is 3. The van der Waals surface area contributed by atoms with Crippen molar-refractivity contribution in [1.82, 2.24) is 9.55 Å². The lowest BCUT2D eigenvalue weighted by Crippen LogP contribution is -2.25. The largest absolute Gasteiger partial charge is 0.294 e. The highest BCUT2D eigenvalue weighted by Gasteiger charge is 2.11. The van der Waals surface area contributed by atoms with Gasteiger partial charge in [-0.25, -0.2) is 13.8 Å². The molecular formula is C12H9F2IN2O. The SMILES string of the molecule is Cc1ncn(Cc2c(F)cccc2F)c(=O)c1I. The molecule has 1 heterocycles. The van der Waals surface area contributed by atoms with Crippen LogP contribution in [0.15, 0.2) is 29.3 Å². The van der Waals surface area contributed by atoms with Gasteiger partial charge in [0.05, 0.1) is 22.1 Å². The number of nitrogens with zero attached hydrogens (tertiary/aromatic N) is 2. The van der Waals surface area contributed by atoms with Gasteiger partial charge in [0.2, 0.25) is 0 Å². The van der Waals surface area contributed by atoms with E-state index in [2.05, 4.69) is 4.98 Å². The summed E-state index contributed by atoms with van der Waals surface area (Å²) in [5.41, 5.74) is 0.165. The second-order valence-corrected chi connectivity index (χ2v) is 4.86. The zero-order chi connectivity index (χ0) is 13.3. The summed E-state index contributed by atoms with van der Waals surface area (Å²) in [6.45, 7) is 1.54. The van der Waals surface area contributed by atoms with Gasteiger partial charge in [-0.2, -0.15) is 0 Å². The summed E-state index contributed by atoms with van der Waals surface area (Å²) in [5.74, 6) is -1.34. The fraction of sp³-hybridized carbons (Fsp3) is 0.167. The Morgan fingerprint density at radius 3 is 2.56 bits per heavy atom. The quantitative estimate of drug-likeness (QED) is 0.770. The van der Waals surface area contributed by atoms with E-state index in [0.29, 0.717) is 9.26 Å². The van der Waals surface area contributed by atoms with Gasteiger partial charge in [-0.05, 0) is 41.6 Å². The van der Waals surface area contributed by atoms with E-state index in [1.807, 2.05) is 22.6 Å². The van der Waals surface area contributed by atoms with Crippen LogP contribution in [0, 0.1) is 22.1 Å². The molecule has 0 radical (unpaired) electrons. The van der Waals surface area contributed by atoms with E-state index >= 15 is 0 Å². The number of hydrogen-bond acceptors (Lipinski definition) is 2. The van der Waals surface area contributed by atoms with Gasteiger partial charge in [0.1, 0.15) is 11.6 Å². The summed E-state index contributed by atoms with van der Waals surface area (Å²) in [4.78, 5) is 15.9. The molecule has 0 bridgehead atoms. The predicted octanol–water partition coefficient (Wildman–Crippen LogP) is 2.48. The van der Waals surface area contributed by atoms with Crippen LogP contribution >= 0.6 is 22.6 Å². The second-order valence-electron chi connectivity index (χ2n) is 3.78. The molecule has 18 heavy (non-hydrogen) atoms. The third-order valence-corrected chi connectivity index (χ3v) is 3.79. The molecule has 0 aliphatic heterocycles. The van der Waals surface area contributed by atoms with E-state index in [1.165, 1.54) is 17.0 Å². The molecule has 0 fully saturated rings. The Morgan fingerprint density at radius 1 is 1.33 bits per heavy atom. The minimum Gasteiger partial charge on any atom is -0.294 e. The molecular weight excluding hydrogens is 353 g/mol. The standard InChI is InChI=1S/C12H9F2IN2O/c1-7-11(15)12(18)17(6-16-7)5-8-9(13)3-2-4-10(8)14/h2-4,6H,5H2,1H3. The Balaban J connectivity index is 2.47. The summed E-state index contributed by atoms with van der Waals surface area (Å²) in [6, 6.07) is 3.61. The van der Waals surface area contributed by atoms with Gasteiger partial charge in [-0.15, -0.1) is 0 Å². The number of benzene rings is 1. The van der Waals surface area contributed by atoms with Crippen LogP contribution in [-0.2, 0) is 6.54 Å². The lowest BCUT2D eigenvalue weighted by atomic mass is 10.2. The van der Waals surface area contributed by atoms with Crippen LogP contribution in [-0.4, -0.2) is 9.55 Å². The van der Waals surface area contributed by atoms with Crippen LogP contribution in [0.5, 0.6) is 0 Å². The molecule has 0 saturated heterocycles. The molecule has 0 atom stereocenters. The van der Waals surface area contributed by atoms with E-state index in [9.17, 15) is 13.6 Å². The molecule has 94 valence electrons. The van der Waals surface area contributed by atoms with Crippen LogP contribution < -0.4 is 5.56 Å². The van der Waals surface area contributed by atoms with Crippen molar-refractivity contribution in [3.63, 3.8) is 0 Å². The normalized spacial score (nSPS) is 10.7. The van der Waals surface area contributed by atoms with Crippen LogP contribution in [0.3, 0.4) is 0 Å². The maximum atomic E-state index is 13.5. The molecule has 0 N–H and O–H groups in total. The lowest BCUT2D eigenvalue weighted by molar-refractivity contribution is 0.539. The van der Waals surface area contributed by atoms with E-state index < -0.39 is 11.6 Å². The van der Waals surface area contributed by atoms with Crippen molar-refractivity contribution < 1.29 is 8.78 Å². The van der Waals surface area contributed by atoms with Crippen molar-refractivity contribution in [3.8, 4) is 0 Å². The smallest absolute Gasteiger partial charge is 0.267 e. The summed E-state index contributed by atoms with van der Waals surface area (Å²) in [6.07, 6.45) is 1.30. The minimum absolute atomic E-state index is 0.138. The number of hydrogen-bond donors (Lipinski definition) is 0. The van der Waals surface area contributed by atoms with Crippen molar-refractivity contribution in [2.24, 2.45) is 0 Å². The summed E-state index contributed by atoms with van der Waals surface area (Å²) in [7, 11) is 0. The van der Waals surface area contributed by atoms with Crippen molar-refractivity contribution >= 4 is 22.6 Å². The molecule has 1 aromatic heterocycles. The second kappa shape index (κ2) is 5.13. The van der Waals surface area contributed by atoms with Crippen molar-refractivity contribution in [1.29, 1.82) is 0 Å². The molecule has 0 unspecified atom stereocenters. The first-order valence-corrected chi connectivity index (χ1v) is 6.23. The highest BCUT2D eigenvalue weighted by molar-refractivity contribution is 14.1. The van der Waals surface area contributed by atoms with E-state index in [1.54, 1.807) is 6.92 Å². The van der Waals surface area contributed by atoms with E-state index in [0.717, 1.165) is 12.1 Å². The fourth-order valence-electron chi connectivity index (χ4n) is 1.51. The minimum atomic E-state index is -0.669. The molecule has 6 heteroatoms. The summed E-state index contributed by atoms with van der Waals surface area (Å²) < 4.78 is 28.6. The molecule has 0 amide bonds. The van der Waals surface area contributed by atoms with Gasteiger partial charge in [0, 0.05) is 5.56 Å². The molecule has 0 saturated carbocycles. The van der Waals surface area contributed by atoms with Gasteiger partial charge >= 0.3 is 0 Å². The Hall–Kier alpha value is -1.31. The van der Waals surface area contributed by atoms with Gasteiger partial charge < -0.3 is 0 Å². The third kappa shape index (κ3) is 2.43. The molecule has 3 nitrogen and oxygen atoms in total. The Morgan fingerprint density at radius 2 is 1.94 bits per heavy atom. The highest BCUT2D eigenvalue weighted by atomic mass is 127. The first-order valence-electron chi connectivity index (χ1n) is 5.15. The topological polar surface area (TPSA) is 34.9 Å². The maximum absolute atomic E-state index is 13.5. The zero-order valence-electron chi connectivity index (χ0n) is 9.45. The zero-order valence-corrected chi connectivity index (χ0v) is 11.6. The molecule has 0 spiro atoms. The van der Waals surface area contributed by atoms with Gasteiger partial charge in [-0.3, -0.25) is 9.36 Å². The third-order valence-electron chi connectivity index (χ3n) is 2.55. The fourth-order valence-corrected chi connectivity index (χ4v) is 1.96. The van der Waals surface area contributed by atoms with E-state index in [-0.39, 0.29) is 17.7 Å². The highest BCUT2D eigenvalue weighted by Crippen LogP contribution is 2.13.